The topological polar surface area (TPSA) is 78.4 Å². The summed E-state index contributed by atoms with van der Waals surface area (Å²) in [5.41, 5.74) is 1.57. The highest BCUT2D eigenvalue weighted by atomic mass is 79.9. The summed E-state index contributed by atoms with van der Waals surface area (Å²) in [7, 11) is 0. The Hall–Kier alpha value is -1.40. The number of aliphatic hydroxyl groups excluding tert-OH is 1. The van der Waals surface area contributed by atoms with E-state index >= 15 is 0 Å². The van der Waals surface area contributed by atoms with Crippen molar-refractivity contribution in [2.24, 2.45) is 0 Å². The van der Waals surface area contributed by atoms with E-state index in [1.165, 1.54) is 0 Å². The molecule has 0 heterocycles. The molecule has 0 fully saturated rings. The van der Waals surface area contributed by atoms with Crippen LogP contribution in [0.2, 0.25) is 0 Å². The summed E-state index contributed by atoms with van der Waals surface area (Å²) in [6.45, 7) is 3.31. The van der Waals surface area contributed by atoms with Crippen LogP contribution in [-0.4, -0.2) is 29.6 Å². The van der Waals surface area contributed by atoms with Crippen LogP contribution in [0.4, 0.5) is 5.69 Å². The minimum absolute atomic E-state index is 0.215. The first kappa shape index (κ1) is 14.7. The summed E-state index contributed by atoms with van der Waals surface area (Å²) in [6, 6.07) is 4.92. The standard InChI is InChI=1S/C12H15BrN2O3/c1-7-3-4-10(9(13)5-7)15-12(18)11(17)14-8(2)6-16/h3-5,8,16H,6H2,1-2H3,(H,14,17)(H,15,18). The monoisotopic (exact) mass is 314 g/mol. The van der Waals surface area contributed by atoms with E-state index in [1.54, 1.807) is 13.0 Å². The Balaban J connectivity index is 2.67. The van der Waals surface area contributed by atoms with Crippen LogP contribution in [0, 0.1) is 6.92 Å². The molecule has 0 bridgehead atoms. The Morgan fingerprint density at radius 3 is 2.61 bits per heavy atom. The molecule has 1 unspecified atom stereocenters. The van der Waals surface area contributed by atoms with Crippen LogP contribution < -0.4 is 10.6 Å². The van der Waals surface area contributed by atoms with Gasteiger partial charge < -0.3 is 15.7 Å². The fraction of sp³-hybridized carbons (Fsp3) is 0.333. The molecule has 98 valence electrons. The lowest BCUT2D eigenvalue weighted by Gasteiger charge is -2.11. The van der Waals surface area contributed by atoms with Gasteiger partial charge >= 0.3 is 11.8 Å². The van der Waals surface area contributed by atoms with Gasteiger partial charge in [-0.1, -0.05) is 6.07 Å². The van der Waals surface area contributed by atoms with Crippen molar-refractivity contribution in [3.63, 3.8) is 0 Å². The molecule has 5 nitrogen and oxygen atoms in total. The van der Waals surface area contributed by atoms with Crippen LogP contribution in [0.25, 0.3) is 0 Å². The highest BCUT2D eigenvalue weighted by molar-refractivity contribution is 9.10. The predicted molar refractivity (Wildman–Crippen MR) is 72.2 cm³/mol. The molecule has 0 aliphatic carbocycles. The number of carbonyl (C=O) groups excluding carboxylic acids is 2. The first-order valence-electron chi connectivity index (χ1n) is 5.43. The summed E-state index contributed by atoms with van der Waals surface area (Å²) >= 11 is 3.30. The second kappa shape index (κ2) is 6.51. The van der Waals surface area contributed by atoms with E-state index in [0.717, 1.165) is 5.56 Å². The molecule has 1 rings (SSSR count). The van der Waals surface area contributed by atoms with Crippen molar-refractivity contribution in [1.82, 2.24) is 5.32 Å². The molecular weight excluding hydrogens is 300 g/mol. The highest BCUT2D eigenvalue weighted by Gasteiger charge is 2.16. The van der Waals surface area contributed by atoms with E-state index in [9.17, 15) is 9.59 Å². The van der Waals surface area contributed by atoms with Gasteiger partial charge in [-0.3, -0.25) is 9.59 Å². The summed E-state index contributed by atoms with van der Waals surface area (Å²) in [4.78, 5) is 23.0. The number of benzene rings is 1. The first-order valence-corrected chi connectivity index (χ1v) is 6.22. The van der Waals surface area contributed by atoms with Gasteiger partial charge in [0, 0.05) is 10.5 Å². The van der Waals surface area contributed by atoms with Gasteiger partial charge in [-0.15, -0.1) is 0 Å². The second-order valence-corrected chi connectivity index (χ2v) is 4.85. The molecule has 0 aliphatic rings. The second-order valence-electron chi connectivity index (χ2n) is 3.99. The molecule has 2 amide bonds. The number of aliphatic hydroxyl groups is 1. The number of carbonyl (C=O) groups is 2. The van der Waals surface area contributed by atoms with Crippen molar-refractivity contribution >= 4 is 33.4 Å². The van der Waals surface area contributed by atoms with Crippen molar-refractivity contribution in [3.8, 4) is 0 Å². The van der Waals surface area contributed by atoms with E-state index < -0.39 is 17.9 Å². The summed E-state index contributed by atoms with van der Waals surface area (Å²) < 4.78 is 0.707. The van der Waals surface area contributed by atoms with Crippen LogP contribution in [0.15, 0.2) is 22.7 Å². The van der Waals surface area contributed by atoms with Gasteiger partial charge in [0.15, 0.2) is 0 Å². The van der Waals surface area contributed by atoms with E-state index in [2.05, 4.69) is 26.6 Å². The quantitative estimate of drug-likeness (QED) is 0.733. The van der Waals surface area contributed by atoms with Crippen LogP contribution in [0.1, 0.15) is 12.5 Å². The van der Waals surface area contributed by atoms with E-state index in [4.69, 9.17) is 5.11 Å². The average Bonchev–Trinajstić information content (AvgIpc) is 2.32. The highest BCUT2D eigenvalue weighted by Crippen LogP contribution is 2.23. The van der Waals surface area contributed by atoms with Crippen molar-refractivity contribution in [2.45, 2.75) is 19.9 Å². The van der Waals surface area contributed by atoms with E-state index in [0.29, 0.717) is 10.2 Å². The lowest BCUT2D eigenvalue weighted by molar-refractivity contribution is -0.136. The molecule has 0 aliphatic heterocycles. The fourth-order valence-corrected chi connectivity index (χ4v) is 1.83. The molecule has 0 saturated carbocycles. The van der Waals surface area contributed by atoms with Gasteiger partial charge in [0.25, 0.3) is 0 Å². The number of nitrogens with one attached hydrogen (secondary N) is 2. The van der Waals surface area contributed by atoms with Gasteiger partial charge in [0.05, 0.1) is 12.3 Å². The molecule has 1 aromatic rings. The van der Waals surface area contributed by atoms with Gasteiger partial charge in [0.1, 0.15) is 0 Å². The SMILES string of the molecule is Cc1ccc(NC(=O)C(=O)NC(C)CO)c(Br)c1. The lowest BCUT2D eigenvalue weighted by Crippen LogP contribution is -2.42. The summed E-state index contributed by atoms with van der Waals surface area (Å²) in [6.07, 6.45) is 0. The Bertz CT molecular complexity index is 463. The molecular formula is C12H15BrN2O3. The molecule has 0 spiro atoms. The number of aryl methyl sites for hydroxylation is 1. The molecule has 0 aromatic heterocycles. The molecule has 18 heavy (non-hydrogen) atoms. The van der Waals surface area contributed by atoms with Crippen LogP contribution in [0.5, 0.6) is 0 Å². The number of amides is 2. The Morgan fingerprint density at radius 2 is 2.06 bits per heavy atom. The lowest BCUT2D eigenvalue weighted by atomic mass is 10.2. The van der Waals surface area contributed by atoms with Crippen molar-refractivity contribution in [2.75, 3.05) is 11.9 Å². The Morgan fingerprint density at radius 1 is 1.39 bits per heavy atom. The van der Waals surface area contributed by atoms with Gasteiger partial charge in [-0.05, 0) is 47.5 Å². The normalized spacial score (nSPS) is 11.8. The molecule has 3 N–H and O–H groups in total. The third-order valence-corrected chi connectivity index (χ3v) is 2.89. The zero-order chi connectivity index (χ0) is 13.7. The zero-order valence-electron chi connectivity index (χ0n) is 10.2. The number of halogens is 1. The third kappa shape index (κ3) is 4.12. The van der Waals surface area contributed by atoms with Gasteiger partial charge in [-0.25, -0.2) is 0 Å². The van der Waals surface area contributed by atoms with Gasteiger partial charge in [-0.2, -0.15) is 0 Å². The summed E-state index contributed by atoms with van der Waals surface area (Å²) in [5, 5.41) is 13.6. The van der Waals surface area contributed by atoms with Crippen LogP contribution in [-0.2, 0) is 9.59 Å². The maximum atomic E-state index is 11.6. The van der Waals surface area contributed by atoms with E-state index in [1.807, 2.05) is 19.1 Å². The molecule has 0 saturated heterocycles. The fourth-order valence-electron chi connectivity index (χ4n) is 1.24. The zero-order valence-corrected chi connectivity index (χ0v) is 11.7. The maximum absolute atomic E-state index is 11.6. The summed E-state index contributed by atoms with van der Waals surface area (Å²) in [5.74, 6) is -1.54. The number of hydrogen-bond donors (Lipinski definition) is 3. The van der Waals surface area contributed by atoms with Crippen molar-refractivity contribution < 1.29 is 14.7 Å². The van der Waals surface area contributed by atoms with Crippen molar-refractivity contribution in [3.05, 3.63) is 28.2 Å². The number of anilines is 1. The maximum Gasteiger partial charge on any atom is 0.313 e. The third-order valence-electron chi connectivity index (χ3n) is 2.23. The van der Waals surface area contributed by atoms with Crippen molar-refractivity contribution in [1.29, 1.82) is 0 Å². The minimum atomic E-state index is -0.774. The van der Waals surface area contributed by atoms with Crippen LogP contribution in [0.3, 0.4) is 0 Å². The number of rotatable bonds is 3. The Kier molecular flexibility index (Phi) is 5.30. The molecule has 1 atom stereocenters. The van der Waals surface area contributed by atoms with Crippen LogP contribution >= 0.6 is 15.9 Å². The molecule has 1 aromatic carbocycles. The molecule has 0 radical (unpaired) electrons. The number of hydrogen-bond acceptors (Lipinski definition) is 3. The largest absolute Gasteiger partial charge is 0.394 e. The Labute approximate surface area is 114 Å². The van der Waals surface area contributed by atoms with E-state index in [-0.39, 0.29) is 6.61 Å². The minimum Gasteiger partial charge on any atom is -0.394 e. The van der Waals surface area contributed by atoms with Gasteiger partial charge in [0.2, 0.25) is 0 Å². The molecule has 6 heteroatoms. The predicted octanol–water partition coefficient (Wildman–Crippen LogP) is 1.19. The smallest absolute Gasteiger partial charge is 0.313 e. The first-order chi connectivity index (χ1) is 8.43. The average molecular weight is 315 g/mol.